The number of unbranched alkanes of at least 4 members (excludes halogenated alkanes) is 8. The SMILES string of the molecule is CCCCCCCCCC(CN)N(CCCC)CCCC. The first-order valence-electron chi connectivity index (χ1n) is 9.74. The Morgan fingerprint density at radius 1 is 0.667 bits per heavy atom. The van der Waals surface area contributed by atoms with Gasteiger partial charge in [-0.05, 0) is 32.4 Å². The lowest BCUT2D eigenvalue weighted by Gasteiger charge is -2.31. The Morgan fingerprint density at radius 2 is 1.14 bits per heavy atom. The lowest BCUT2D eigenvalue weighted by molar-refractivity contribution is 0.182. The lowest BCUT2D eigenvalue weighted by atomic mass is 10.0. The van der Waals surface area contributed by atoms with Crippen LogP contribution in [-0.4, -0.2) is 30.6 Å². The molecule has 128 valence electrons. The summed E-state index contributed by atoms with van der Waals surface area (Å²) in [6, 6.07) is 0.624. The Balaban J connectivity index is 3.88. The Morgan fingerprint density at radius 3 is 1.62 bits per heavy atom. The molecule has 0 fully saturated rings. The molecule has 0 bridgehead atoms. The first-order chi connectivity index (χ1) is 10.3. The zero-order valence-electron chi connectivity index (χ0n) is 15.2. The van der Waals surface area contributed by atoms with E-state index in [1.54, 1.807) is 0 Å². The molecule has 2 N–H and O–H groups in total. The normalized spacial score (nSPS) is 13.0. The fourth-order valence-corrected chi connectivity index (χ4v) is 2.99. The molecule has 1 unspecified atom stereocenters. The van der Waals surface area contributed by atoms with E-state index in [1.165, 1.54) is 90.1 Å². The molecule has 0 rings (SSSR count). The fraction of sp³-hybridized carbons (Fsp3) is 1.00. The van der Waals surface area contributed by atoms with Gasteiger partial charge in [0.05, 0.1) is 0 Å². The molecular weight excluding hydrogens is 256 g/mol. The van der Waals surface area contributed by atoms with Crippen LogP contribution in [0, 0.1) is 0 Å². The monoisotopic (exact) mass is 298 g/mol. The van der Waals surface area contributed by atoms with E-state index < -0.39 is 0 Å². The Kier molecular flexibility index (Phi) is 16.2. The maximum Gasteiger partial charge on any atom is 0.0218 e. The van der Waals surface area contributed by atoms with Gasteiger partial charge >= 0.3 is 0 Å². The molecule has 0 spiro atoms. The van der Waals surface area contributed by atoms with Crippen molar-refractivity contribution in [3.05, 3.63) is 0 Å². The highest BCUT2D eigenvalue weighted by atomic mass is 15.2. The zero-order valence-corrected chi connectivity index (χ0v) is 15.2. The van der Waals surface area contributed by atoms with E-state index in [4.69, 9.17) is 5.73 Å². The third kappa shape index (κ3) is 12.2. The van der Waals surface area contributed by atoms with Crippen LogP contribution in [0.3, 0.4) is 0 Å². The van der Waals surface area contributed by atoms with Crippen molar-refractivity contribution in [1.29, 1.82) is 0 Å². The average molecular weight is 299 g/mol. The maximum absolute atomic E-state index is 6.06. The van der Waals surface area contributed by atoms with E-state index in [0.29, 0.717) is 6.04 Å². The molecule has 2 heteroatoms. The van der Waals surface area contributed by atoms with Gasteiger partial charge in [-0.1, -0.05) is 78.6 Å². The highest BCUT2D eigenvalue weighted by molar-refractivity contribution is 4.73. The number of hydrogen-bond acceptors (Lipinski definition) is 2. The minimum atomic E-state index is 0.624. The third-order valence-corrected chi connectivity index (χ3v) is 4.53. The summed E-state index contributed by atoms with van der Waals surface area (Å²) in [5.74, 6) is 0. The molecule has 0 saturated heterocycles. The number of nitrogens with zero attached hydrogens (tertiary/aromatic N) is 1. The second-order valence-corrected chi connectivity index (χ2v) is 6.54. The first-order valence-corrected chi connectivity index (χ1v) is 9.74. The van der Waals surface area contributed by atoms with Gasteiger partial charge in [0.1, 0.15) is 0 Å². The van der Waals surface area contributed by atoms with Gasteiger partial charge in [-0.3, -0.25) is 4.90 Å². The van der Waals surface area contributed by atoms with Crippen molar-refractivity contribution in [3.63, 3.8) is 0 Å². The Hall–Kier alpha value is -0.0800. The zero-order chi connectivity index (χ0) is 15.8. The molecule has 0 aromatic heterocycles. The molecule has 0 amide bonds. The molecule has 0 heterocycles. The molecule has 0 aromatic carbocycles. The quantitative estimate of drug-likeness (QED) is 0.389. The lowest BCUT2D eigenvalue weighted by Crippen LogP contribution is -2.41. The number of hydrogen-bond donors (Lipinski definition) is 1. The summed E-state index contributed by atoms with van der Waals surface area (Å²) in [4.78, 5) is 2.67. The fourth-order valence-electron chi connectivity index (χ4n) is 2.99. The molecule has 0 radical (unpaired) electrons. The van der Waals surface area contributed by atoms with Crippen molar-refractivity contribution in [2.24, 2.45) is 5.73 Å². The second kappa shape index (κ2) is 16.3. The molecule has 0 saturated carbocycles. The molecule has 0 aliphatic carbocycles. The molecule has 1 atom stereocenters. The molecule has 0 aliphatic rings. The van der Waals surface area contributed by atoms with Gasteiger partial charge in [0.2, 0.25) is 0 Å². The standard InChI is InChI=1S/C19H42N2/c1-4-7-10-11-12-13-14-15-19(18-20)21(16-8-5-2)17-9-6-3/h19H,4-18,20H2,1-3H3. The predicted molar refractivity (Wildman–Crippen MR) is 96.8 cm³/mol. The van der Waals surface area contributed by atoms with E-state index >= 15 is 0 Å². The van der Waals surface area contributed by atoms with Crippen molar-refractivity contribution in [3.8, 4) is 0 Å². The van der Waals surface area contributed by atoms with Gasteiger partial charge in [-0.25, -0.2) is 0 Å². The van der Waals surface area contributed by atoms with Crippen LogP contribution < -0.4 is 5.73 Å². The molecule has 2 nitrogen and oxygen atoms in total. The minimum absolute atomic E-state index is 0.624. The molecular formula is C19H42N2. The van der Waals surface area contributed by atoms with Crippen molar-refractivity contribution in [1.82, 2.24) is 4.90 Å². The van der Waals surface area contributed by atoms with Gasteiger partial charge in [-0.2, -0.15) is 0 Å². The minimum Gasteiger partial charge on any atom is -0.329 e. The third-order valence-electron chi connectivity index (χ3n) is 4.53. The Bertz CT molecular complexity index is 186. The van der Waals surface area contributed by atoms with Crippen LogP contribution in [-0.2, 0) is 0 Å². The van der Waals surface area contributed by atoms with Crippen LogP contribution in [0.1, 0.15) is 97.8 Å². The summed E-state index contributed by atoms with van der Waals surface area (Å²) < 4.78 is 0. The topological polar surface area (TPSA) is 29.3 Å². The van der Waals surface area contributed by atoms with Crippen molar-refractivity contribution < 1.29 is 0 Å². The second-order valence-electron chi connectivity index (χ2n) is 6.54. The summed E-state index contributed by atoms with van der Waals surface area (Å²) in [6.07, 6.45) is 16.3. The van der Waals surface area contributed by atoms with Gasteiger partial charge in [-0.15, -0.1) is 0 Å². The van der Waals surface area contributed by atoms with Crippen LogP contribution in [0.4, 0.5) is 0 Å². The van der Waals surface area contributed by atoms with Crippen LogP contribution in [0.15, 0.2) is 0 Å². The summed E-state index contributed by atoms with van der Waals surface area (Å²) in [7, 11) is 0. The molecule has 0 aromatic rings. The summed E-state index contributed by atoms with van der Waals surface area (Å²) >= 11 is 0. The van der Waals surface area contributed by atoms with Gasteiger partial charge in [0.25, 0.3) is 0 Å². The van der Waals surface area contributed by atoms with Crippen LogP contribution in [0.25, 0.3) is 0 Å². The van der Waals surface area contributed by atoms with E-state index in [0.717, 1.165) is 6.54 Å². The van der Waals surface area contributed by atoms with Gasteiger partial charge in [0.15, 0.2) is 0 Å². The van der Waals surface area contributed by atoms with Crippen LogP contribution >= 0.6 is 0 Å². The predicted octanol–water partition coefficient (Wildman–Crippen LogP) is 5.36. The van der Waals surface area contributed by atoms with E-state index in [2.05, 4.69) is 25.7 Å². The van der Waals surface area contributed by atoms with Crippen LogP contribution in [0.2, 0.25) is 0 Å². The Labute approximate surface area is 134 Å². The van der Waals surface area contributed by atoms with E-state index in [9.17, 15) is 0 Å². The first kappa shape index (κ1) is 20.9. The highest BCUT2D eigenvalue weighted by Gasteiger charge is 2.15. The van der Waals surface area contributed by atoms with E-state index in [1.807, 2.05) is 0 Å². The molecule has 21 heavy (non-hydrogen) atoms. The maximum atomic E-state index is 6.06. The average Bonchev–Trinajstić information content (AvgIpc) is 2.51. The number of nitrogens with two attached hydrogens (primary N) is 1. The molecule has 0 aliphatic heterocycles. The van der Waals surface area contributed by atoms with Crippen molar-refractivity contribution in [2.75, 3.05) is 19.6 Å². The van der Waals surface area contributed by atoms with Crippen molar-refractivity contribution in [2.45, 2.75) is 104 Å². The van der Waals surface area contributed by atoms with Gasteiger partial charge < -0.3 is 5.73 Å². The summed E-state index contributed by atoms with van der Waals surface area (Å²) in [6.45, 7) is 10.2. The highest BCUT2D eigenvalue weighted by Crippen LogP contribution is 2.14. The number of rotatable bonds is 16. The van der Waals surface area contributed by atoms with Crippen LogP contribution in [0.5, 0.6) is 0 Å². The van der Waals surface area contributed by atoms with Gasteiger partial charge in [0, 0.05) is 12.6 Å². The summed E-state index contributed by atoms with van der Waals surface area (Å²) in [5, 5.41) is 0. The van der Waals surface area contributed by atoms with E-state index in [-0.39, 0.29) is 0 Å². The summed E-state index contributed by atoms with van der Waals surface area (Å²) in [5.41, 5.74) is 6.06. The van der Waals surface area contributed by atoms with Crippen molar-refractivity contribution >= 4 is 0 Å². The smallest absolute Gasteiger partial charge is 0.0218 e. The largest absolute Gasteiger partial charge is 0.329 e.